The maximum atomic E-state index is 4.78. The van der Waals surface area contributed by atoms with Gasteiger partial charge in [-0.3, -0.25) is 0 Å². The van der Waals surface area contributed by atoms with Gasteiger partial charge in [-0.15, -0.1) is 0 Å². The molecule has 0 atom stereocenters. The lowest BCUT2D eigenvalue weighted by molar-refractivity contribution is 0.650. The smallest absolute Gasteiger partial charge is 0.139 e. The minimum atomic E-state index is 0.0715. The van der Waals surface area contributed by atoms with E-state index in [2.05, 4.69) is 47.6 Å². The molecule has 0 radical (unpaired) electrons. The molecule has 3 heteroatoms. The van der Waals surface area contributed by atoms with E-state index in [1.165, 1.54) is 5.56 Å². The zero-order valence-electron chi connectivity index (χ0n) is 12.0. The van der Waals surface area contributed by atoms with Crippen molar-refractivity contribution in [2.45, 2.75) is 38.1 Å². The lowest BCUT2D eigenvalue weighted by Crippen LogP contribution is -2.18. The van der Waals surface area contributed by atoms with Crippen molar-refractivity contribution in [2.75, 3.05) is 6.54 Å². The van der Waals surface area contributed by atoms with E-state index in [1.54, 1.807) is 0 Å². The van der Waals surface area contributed by atoms with E-state index < -0.39 is 0 Å². The first-order valence-corrected chi connectivity index (χ1v) is 7.44. The number of hydrogen-bond donors (Lipinski definition) is 1. The third kappa shape index (κ3) is 2.59. The molecule has 0 bridgehead atoms. The van der Waals surface area contributed by atoms with Gasteiger partial charge in [0, 0.05) is 12.7 Å². The van der Waals surface area contributed by atoms with Crippen molar-refractivity contribution in [3.05, 3.63) is 59.7 Å². The van der Waals surface area contributed by atoms with E-state index in [0.29, 0.717) is 0 Å². The quantitative estimate of drug-likeness (QED) is 0.817. The molecule has 2 aromatic rings. The Labute approximate surface area is 120 Å². The van der Waals surface area contributed by atoms with Crippen molar-refractivity contribution in [2.24, 2.45) is 0 Å². The molecular formula is C17H21N3. The Bertz CT molecular complexity index is 561. The van der Waals surface area contributed by atoms with E-state index in [-0.39, 0.29) is 5.41 Å². The van der Waals surface area contributed by atoms with Crippen molar-refractivity contribution in [3.63, 3.8) is 0 Å². The molecule has 1 aromatic heterocycles. The van der Waals surface area contributed by atoms with Gasteiger partial charge in [0.2, 0.25) is 0 Å². The van der Waals surface area contributed by atoms with Gasteiger partial charge in [-0.05, 0) is 37.4 Å². The third-order valence-corrected chi connectivity index (χ3v) is 3.95. The van der Waals surface area contributed by atoms with Crippen LogP contribution in [0.15, 0.2) is 42.6 Å². The summed E-state index contributed by atoms with van der Waals surface area (Å²) >= 11 is 0. The van der Waals surface area contributed by atoms with Crippen molar-refractivity contribution in [1.29, 1.82) is 0 Å². The molecule has 0 unspecified atom stereocenters. The molecule has 0 aliphatic heterocycles. The van der Waals surface area contributed by atoms with Crippen molar-refractivity contribution >= 4 is 0 Å². The van der Waals surface area contributed by atoms with E-state index in [9.17, 15) is 0 Å². The highest BCUT2D eigenvalue weighted by Gasteiger charge is 2.48. The average Bonchev–Trinajstić information content (AvgIpc) is 3.31. The Morgan fingerprint density at radius 1 is 1.15 bits per heavy atom. The van der Waals surface area contributed by atoms with Crippen molar-refractivity contribution < 1.29 is 0 Å². The summed E-state index contributed by atoms with van der Waals surface area (Å²) in [6, 6.07) is 12.7. The van der Waals surface area contributed by atoms with Crippen molar-refractivity contribution in [1.82, 2.24) is 15.3 Å². The lowest BCUT2D eigenvalue weighted by Gasteiger charge is -2.15. The van der Waals surface area contributed by atoms with Crippen LogP contribution in [0.2, 0.25) is 0 Å². The molecule has 1 N–H and O–H groups in total. The number of benzene rings is 1. The zero-order chi connectivity index (χ0) is 13.8. The molecule has 0 saturated heterocycles. The van der Waals surface area contributed by atoms with Crippen LogP contribution in [0.4, 0.5) is 0 Å². The highest BCUT2D eigenvalue weighted by molar-refractivity contribution is 5.39. The van der Waals surface area contributed by atoms with Crippen LogP contribution in [0.1, 0.15) is 43.3 Å². The molecule has 3 rings (SSSR count). The van der Waals surface area contributed by atoms with Crippen LogP contribution in [0.25, 0.3) is 0 Å². The Morgan fingerprint density at radius 3 is 2.65 bits per heavy atom. The molecule has 1 heterocycles. The number of nitrogens with one attached hydrogen (secondary N) is 1. The largest absolute Gasteiger partial charge is 0.311 e. The van der Waals surface area contributed by atoms with Crippen LogP contribution in [0.3, 0.4) is 0 Å². The van der Waals surface area contributed by atoms with Gasteiger partial charge in [0.25, 0.3) is 0 Å². The Kier molecular flexibility index (Phi) is 3.79. The molecule has 1 aromatic carbocycles. The van der Waals surface area contributed by atoms with E-state index in [4.69, 9.17) is 4.98 Å². The molecule has 1 fully saturated rings. The minimum Gasteiger partial charge on any atom is -0.311 e. The summed E-state index contributed by atoms with van der Waals surface area (Å²) in [5.74, 6) is 0.986. The van der Waals surface area contributed by atoms with Gasteiger partial charge in [0.05, 0.1) is 11.1 Å². The summed E-state index contributed by atoms with van der Waals surface area (Å²) in [4.78, 5) is 9.32. The lowest BCUT2D eigenvalue weighted by atomic mass is 9.95. The Morgan fingerprint density at radius 2 is 1.95 bits per heavy atom. The summed E-state index contributed by atoms with van der Waals surface area (Å²) in [6.07, 6.45) is 5.35. The van der Waals surface area contributed by atoms with E-state index >= 15 is 0 Å². The molecule has 104 valence electrons. The topological polar surface area (TPSA) is 37.8 Å². The van der Waals surface area contributed by atoms with Crippen molar-refractivity contribution in [3.8, 4) is 0 Å². The highest BCUT2D eigenvalue weighted by Crippen LogP contribution is 2.51. The fourth-order valence-electron chi connectivity index (χ4n) is 2.64. The normalized spacial score (nSPS) is 16.1. The van der Waals surface area contributed by atoms with Crippen LogP contribution >= 0.6 is 0 Å². The molecule has 1 aliphatic rings. The predicted octanol–water partition coefficient (Wildman–Crippen LogP) is 3.06. The van der Waals surface area contributed by atoms with Crippen LogP contribution in [-0.4, -0.2) is 16.5 Å². The highest BCUT2D eigenvalue weighted by atomic mass is 15.0. The Balaban J connectivity index is 1.82. The number of rotatable bonds is 6. The van der Waals surface area contributed by atoms with E-state index in [1.807, 2.05) is 12.3 Å². The molecule has 20 heavy (non-hydrogen) atoms. The Hall–Kier alpha value is -1.74. The summed E-state index contributed by atoms with van der Waals surface area (Å²) in [7, 11) is 0. The first-order valence-electron chi connectivity index (χ1n) is 7.44. The number of nitrogens with zero attached hydrogens (tertiary/aromatic N) is 2. The summed E-state index contributed by atoms with van der Waals surface area (Å²) in [6.45, 7) is 4.03. The van der Waals surface area contributed by atoms with Crippen LogP contribution in [0, 0.1) is 0 Å². The number of hydrogen-bond acceptors (Lipinski definition) is 3. The van der Waals surface area contributed by atoms with Gasteiger partial charge in [0.1, 0.15) is 5.82 Å². The van der Waals surface area contributed by atoms with Gasteiger partial charge in [-0.1, -0.05) is 37.3 Å². The van der Waals surface area contributed by atoms with Gasteiger partial charge in [0.15, 0.2) is 0 Å². The fourth-order valence-corrected chi connectivity index (χ4v) is 2.64. The monoisotopic (exact) mass is 267 g/mol. The molecule has 0 spiro atoms. The van der Waals surface area contributed by atoms with Crippen LogP contribution in [0.5, 0.6) is 0 Å². The third-order valence-electron chi connectivity index (χ3n) is 3.95. The number of aromatic nitrogens is 2. The van der Waals surface area contributed by atoms with Gasteiger partial charge >= 0.3 is 0 Å². The fraction of sp³-hybridized carbons (Fsp3) is 0.412. The minimum absolute atomic E-state index is 0.0715. The van der Waals surface area contributed by atoms with E-state index in [0.717, 1.165) is 43.9 Å². The second-order valence-corrected chi connectivity index (χ2v) is 5.50. The average molecular weight is 267 g/mol. The maximum absolute atomic E-state index is 4.78. The first-order chi connectivity index (χ1) is 9.85. The van der Waals surface area contributed by atoms with Gasteiger partial charge in [-0.25, -0.2) is 9.97 Å². The first kappa shape index (κ1) is 13.3. The molecule has 3 nitrogen and oxygen atoms in total. The standard InChI is InChI=1S/C17H21N3/c1-2-11-18-13-15-8-12-19-16(20-15)17(9-10-17)14-6-4-3-5-7-14/h3-8,12,18H,2,9-11,13H2,1H3. The zero-order valence-corrected chi connectivity index (χ0v) is 12.0. The SMILES string of the molecule is CCCNCc1ccnc(C2(c3ccccc3)CC2)n1. The molecule has 1 aliphatic carbocycles. The van der Waals surface area contributed by atoms with Crippen LogP contribution in [-0.2, 0) is 12.0 Å². The summed E-state index contributed by atoms with van der Waals surface area (Å²) in [5.41, 5.74) is 2.51. The van der Waals surface area contributed by atoms with Crippen LogP contribution < -0.4 is 5.32 Å². The second kappa shape index (κ2) is 5.71. The van der Waals surface area contributed by atoms with Gasteiger partial charge < -0.3 is 5.32 Å². The summed E-state index contributed by atoms with van der Waals surface area (Å²) in [5, 5.41) is 3.40. The second-order valence-electron chi connectivity index (χ2n) is 5.50. The molecule has 0 amide bonds. The summed E-state index contributed by atoms with van der Waals surface area (Å²) < 4.78 is 0. The maximum Gasteiger partial charge on any atom is 0.139 e. The predicted molar refractivity (Wildman–Crippen MR) is 80.5 cm³/mol. The molecule has 1 saturated carbocycles. The molecular weight excluding hydrogens is 246 g/mol. The van der Waals surface area contributed by atoms with Gasteiger partial charge in [-0.2, -0.15) is 0 Å².